The number of anilines is 1. The zero-order valence-electron chi connectivity index (χ0n) is 16.6. The number of piperazine rings is 1. The SMILES string of the molecule is COc1cccc(N2CCN(C(=O)c3cn(CCc4ccccc4)nn3)CC2)c1. The molecule has 0 aliphatic carbocycles. The average Bonchev–Trinajstić information content (AvgIpc) is 3.27. The van der Waals surface area contributed by atoms with Gasteiger partial charge in [0.2, 0.25) is 0 Å². The highest BCUT2D eigenvalue weighted by atomic mass is 16.5. The van der Waals surface area contributed by atoms with Gasteiger partial charge in [-0.3, -0.25) is 9.48 Å². The number of hydrogen-bond donors (Lipinski definition) is 0. The highest BCUT2D eigenvalue weighted by Gasteiger charge is 2.24. The monoisotopic (exact) mass is 391 g/mol. The minimum absolute atomic E-state index is 0.0544. The predicted molar refractivity (Wildman–Crippen MR) is 111 cm³/mol. The van der Waals surface area contributed by atoms with Gasteiger partial charge in [-0.1, -0.05) is 41.6 Å². The van der Waals surface area contributed by atoms with Crippen molar-refractivity contribution in [2.45, 2.75) is 13.0 Å². The van der Waals surface area contributed by atoms with Crippen molar-refractivity contribution >= 4 is 11.6 Å². The molecule has 1 fully saturated rings. The van der Waals surface area contributed by atoms with Crippen LogP contribution in [0.5, 0.6) is 5.75 Å². The van der Waals surface area contributed by atoms with Gasteiger partial charge in [0.05, 0.1) is 13.3 Å². The van der Waals surface area contributed by atoms with E-state index >= 15 is 0 Å². The molecule has 0 unspecified atom stereocenters. The van der Waals surface area contributed by atoms with Crippen LogP contribution in [0.1, 0.15) is 16.1 Å². The second kappa shape index (κ2) is 8.77. The van der Waals surface area contributed by atoms with Crippen LogP contribution in [0.2, 0.25) is 0 Å². The maximum atomic E-state index is 12.8. The third-order valence-corrected chi connectivity index (χ3v) is 5.22. The number of carbonyl (C=O) groups excluding carboxylic acids is 1. The van der Waals surface area contributed by atoms with E-state index in [1.54, 1.807) is 18.0 Å². The maximum Gasteiger partial charge on any atom is 0.276 e. The molecule has 29 heavy (non-hydrogen) atoms. The van der Waals surface area contributed by atoms with Crippen LogP contribution in [0.4, 0.5) is 5.69 Å². The Morgan fingerprint density at radius 3 is 2.59 bits per heavy atom. The van der Waals surface area contributed by atoms with Gasteiger partial charge in [-0.2, -0.15) is 0 Å². The Hall–Kier alpha value is -3.35. The minimum atomic E-state index is -0.0544. The summed E-state index contributed by atoms with van der Waals surface area (Å²) < 4.78 is 7.05. The third kappa shape index (κ3) is 4.56. The summed E-state index contributed by atoms with van der Waals surface area (Å²) in [5, 5.41) is 8.22. The highest BCUT2D eigenvalue weighted by Crippen LogP contribution is 2.22. The van der Waals surface area contributed by atoms with E-state index in [0.29, 0.717) is 25.3 Å². The van der Waals surface area contributed by atoms with E-state index in [1.807, 2.05) is 41.3 Å². The van der Waals surface area contributed by atoms with Gasteiger partial charge in [-0.25, -0.2) is 0 Å². The number of hydrogen-bond acceptors (Lipinski definition) is 5. The first-order chi connectivity index (χ1) is 14.2. The predicted octanol–water partition coefficient (Wildman–Crippen LogP) is 2.49. The first-order valence-electron chi connectivity index (χ1n) is 9.85. The summed E-state index contributed by atoms with van der Waals surface area (Å²) in [5.74, 6) is 0.786. The molecule has 0 radical (unpaired) electrons. The molecule has 0 N–H and O–H groups in total. The Balaban J connectivity index is 1.32. The number of aromatic nitrogens is 3. The summed E-state index contributed by atoms with van der Waals surface area (Å²) >= 11 is 0. The van der Waals surface area contributed by atoms with E-state index in [1.165, 1.54) is 5.56 Å². The molecular weight excluding hydrogens is 366 g/mol. The lowest BCUT2D eigenvalue weighted by Gasteiger charge is -2.35. The molecule has 0 saturated carbocycles. The van der Waals surface area contributed by atoms with E-state index < -0.39 is 0 Å². The van der Waals surface area contributed by atoms with Crippen molar-refractivity contribution in [3.8, 4) is 5.75 Å². The zero-order chi connectivity index (χ0) is 20.1. The normalized spacial score (nSPS) is 14.1. The number of rotatable bonds is 6. The van der Waals surface area contributed by atoms with E-state index in [4.69, 9.17) is 4.74 Å². The average molecular weight is 391 g/mol. The van der Waals surface area contributed by atoms with Crippen LogP contribution in [-0.2, 0) is 13.0 Å². The smallest absolute Gasteiger partial charge is 0.276 e. The van der Waals surface area contributed by atoms with E-state index in [9.17, 15) is 4.79 Å². The molecule has 1 aliphatic rings. The fourth-order valence-corrected chi connectivity index (χ4v) is 3.53. The van der Waals surface area contributed by atoms with Crippen LogP contribution in [0.25, 0.3) is 0 Å². The summed E-state index contributed by atoms with van der Waals surface area (Å²) in [6.07, 6.45) is 2.61. The Bertz CT molecular complexity index is 949. The molecule has 150 valence electrons. The van der Waals surface area contributed by atoms with Gasteiger partial charge in [-0.05, 0) is 24.1 Å². The molecule has 1 aromatic heterocycles. The lowest BCUT2D eigenvalue weighted by atomic mass is 10.1. The maximum absolute atomic E-state index is 12.8. The molecule has 1 amide bonds. The molecule has 7 heteroatoms. The number of benzene rings is 2. The summed E-state index contributed by atoms with van der Waals surface area (Å²) in [6, 6.07) is 18.2. The van der Waals surface area contributed by atoms with Crippen LogP contribution in [0.3, 0.4) is 0 Å². The van der Waals surface area contributed by atoms with Crippen molar-refractivity contribution in [3.05, 3.63) is 72.1 Å². The minimum Gasteiger partial charge on any atom is -0.497 e. The number of aryl methyl sites for hydroxylation is 2. The lowest BCUT2D eigenvalue weighted by molar-refractivity contribution is 0.0740. The Labute approximate surface area is 170 Å². The number of carbonyl (C=O) groups is 1. The van der Waals surface area contributed by atoms with Crippen molar-refractivity contribution < 1.29 is 9.53 Å². The topological polar surface area (TPSA) is 63.5 Å². The van der Waals surface area contributed by atoms with Crippen LogP contribution >= 0.6 is 0 Å². The van der Waals surface area contributed by atoms with Crippen molar-refractivity contribution in [2.24, 2.45) is 0 Å². The van der Waals surface area contributed by atoms with Crippen LogP contribution in [-0.4, -0.2) is 59.1 Å². The number of nitrogens with zero attached hydrogens (tertiary/aromatic N) is 5. The molecule has 7 nitrogen and oxygen atoms in total. The van der Waals surface area contributed by atoms with Gasteiger partial charge in [0, 0.05) is 44.5 Å². The molecule has 4 rings (SSSR count). The van der Waals surface area contributed by atoms with Crippen LogP contribution in [0.15, 0.2) is 60.8 Å². The van der Waals surface area contributed by atoms with Crippen molar-refractivity contribution in [1.29, 1.82) is 0 Å². The quantitative estimate of drug-likeness (QED) is 0.646. The molecule has 0 bridgehead atoms. The van der Waals surface area contributed by atoms with Gasteiger partial charge in [0.25, 0.3) is 5.91 Å². The zero-order valence-corrected chi connectivity index (χ0v) is 16.6. The fourth-order valence-electron chi connectivity index (χ4n) is 3.53. The molecule has 0 atom stereocenters. The van der Waals surface area contributed by atoms with Gasteiger partial charge < -0.3 is 14.5 Å². The first-order valence-corrected chi connectivity index (χ1v) is 9.85. The van der Waals surface area contributed by atoms with E-state index in [-0.39, 0.29) is 5.91 Å². The van der Waals surface area contributed by atoms with E-state index in [0.717, 1.165) is 30.9 Å². The standard InChI is InChI=1S/C22H25N5O2/c1-29-20-9-5-8-19(16-20)25-12-14-26(15-13-25)22(28)21-17-27(24-23-21)11-10-18-6-3-2-4-7-18/h2-9,16-17H,10-15H2,1H3. The summed E-state index contributed by atoms with van der Waals surface area (Å²) in [4.78, 5) is 16.9. The Morgan fingerprint density at radius 1 is 1.03 bits per heavy atom. The van der Waals surface area contributed by atoms with Gasteiger partial charge in [-0.15, -0.1) is 5.10 Å². The summed E-state index contributed by atoms with van der Waals surface area (Å²) in [7, 11) is 1.67. The second-order valence-corrected chi connectivity index (χ2v) is 7.08. The van der Waals surface area contributed by atoms with Crippen molar-refractivity contribution in [1.82, 2.24) is 19.9 Å². The molecule has 2 heterocycles. The van der Waals surface area contributed by atoms with Crippen LogP contribution < -0.4 is 9.64 Å². The van der Waals surface area contributed by atoms with Crippen molar-refractivity contribution in [3.63, 3.8) is 0 Å². The lowest BCUT2D eigenvalue weighted by Crippen LogP contribution is -2.48. The third-order valence-electron chi connectivity index (χ3n) is 5.22. The molecule has 3 aromatic rings. The van der Waals surface area contributed by atoms with Gasteiger partial charge in [0.15, 0.2) is 5.69 Å². The molecule has 2 aromatic carbocycles. The summed E-state index contributed by atoms with van der Waals surface area (Å²) in [5.41, 5.74) is 2.76. The Kier molecular flexibility index (Phi) is 5.74. The molecule has 1 aliphatic heterocycles. The number of methoxy groups -OCH3 is 1. The molecule has 0 spiro atoms. The van der Waals surface area contributed by atoms with Gasteiger partial charge >= 0.3 is 0 Å². The van der Waals surface area contributed by atoms with Crippen molar-refractivity contribution in [2.75, 3.05) is 38.2 Å². The Morgan fingerprint density at radius 2 is 1.83 bits per heavy atom. The largest absolute Gasteiger partial charge is 0.497 e. The van der Waals surface area contributed by atoms with Crippen LogP contribution in [0, 0.1) is 0 Å². The molecule has 1 saturated heterocycles. The first kappa shape index (κ1) is 19.0. The highest BCUT2D eigenvalue weighted by molar-refractivity contribution is 5.92. The molecular formula is C22H25N5O2. The number of ether oxygens (including phenoxy) is 1. The summed E-state index contributed by atoms with van der Waals surface area (Å²) in [6.45, 7) is 3.58. The van der Waals surface area contributed by atoms with Gasteiger partial charge in [0.1, 0.15) is 5.75 Å². The fraction of sp³-hybridized carbons (Fsp3) is 0.318. The van der Waals surface area contributed by atoms with E-state index in [2.05, 4.69) is 33.4 Å². The second-order valence-electron chi connectivity index (χ2n) is 7.08. The number of amides is 1.